The first-order chi connectivity index (χ1) is 7.24. The molecule has 15 heavy (non-hydrogen) atoms. The lowest BCUT2D eigenvalue weighted by molar-refractivity contribution is -0.148. The fourth-order valence-corrected chi connectivity index (χ4v) is 1.98. The summed E-state index contributed by atoms with van der Waals surface area (Å²) < 4.78 is 9.73. The van der Waals surface area contributed by atoms with Crippen molar-refractivity contribution in [3.05, 3.63) is 18.4 Å². The minimum atomic E-state index is -0.719. The molecule has 2 atom stereocenters. The Kier molecular flexibility index (Phi) is 2.53. The van der Waals surface area contributed by atoms with Crippen LogP contribution in [0.2, 0.25) is 0 Å². The van der Waals surface area contributed by atoms with Gasteiger partial charge in [0.05, 0.1) is 13.3 Å². The fraction of sp³-hybridized carbons (Fsp3) is 0.500. The molecule has 0 aliphatic heterocycles. The van der Waals surface area contributed by atoms with Crippen molar-refractivity contribution in [1.29, 1.82) is 0 Å². The summed E-state index contributed by atoms with van der Waals surface area (Å²) in [6.45, 7) is 0. The van der Waals surface area contributed by atoms with Gasteiger partial charge in [-0.25, -0.2) is 4.98 Å². The topological polar surface area (TPSA) is 69.4 Å². The van der Waals surface area contributed by atoms with Crippen molar-refractivity contribution in [2.24, 2.45) is 5.92 Å². The van der Waals surface area contributed by atoms with Crippen LogP contribution in [0.4, 0.5) is 0 Å². The second kappa shape index (κ2) is 3.84. The number of rotatable bonds is 2. The van der Waals surface area contributed by atoms with Gasteiger partial charge in [-0.15, -0.1) is 0 Å². The molecule has 0 aromatic carbocycles. The summed E-state index contributed by atoms with van der Waals surface area (Å²) in [6.07, 6.45) is 3.85. The van der Waals surface area contributed by atoms with E-state index in [1.54, 1.807) is 6.20 Å². The van der Waals surface area contributed by atoms with E-state index in [0.29, 0.717) is 18.6 Å². The predicted octanol–water partition coefficient (Wildman–Crippen LogP) is 0.910. The van der Waals surface area contributed by atoms with E-state index in [-0.39, 0.29) is 11.7 Å². The van der Waals surface area contributed by atoms with E-state index in [2.05, 4.69) is 9.72 Å². The number of carbonyl (C=O) groups excluding carboxylic acids is 2. The van der Waals surface area contributed by atoms with Crippen molar-refractivity contribution in [3.63, 3.8) is 0 Å². The molecule has 0 N–H and O–H groups in total. The lowest BCUT2D eigenvalue weighted by Gasteiger charge is -2.12. The Labute approximate surface area is 86.4 Å². The summed E-state index contributed by atoms with van der Waals surface area (Å²) in [5.41, 5.74) is 0. The number of nitrogens with zero attached hydrogens (tertiary/aromatic N) is 1. The quantitative estimate of drug-likeness (QED) is 0.535. The Hall–Kier alpha value is -1.65. The number of methoxy groups -OCH3 is 1. The number of Topliss-reactive ketones (excluding diaryl/α,β-unsaturated/α-hetero) is 1. The zero-order chi connectivity index (χ0) is 10.8. The maximum absolute atomic E-state index is 11.5. The Bertz CT molecular complexity index is 371. The van der Waals surface area contributed by atoms with E-state index in [1.807, 2.05) is 0 Å². The van der Waals surface area contributed by atoms with Crippen molar-refractivity contribution in [1.82, 2.24) is 4.98 Å². The fourth-order valence-electron chi connectivity index (χ4n) is 1.98. The number of hydrogen-bond donors (Lipinski definition) is 0. The van der Waals surface area contributed by atoms with Crippen molar-refractivity contribution in [2.45, 2.75) is 18.8 Å². The zero-order valence-electron chi connectivity index (χ0n) is 8.30. The Morgan fingerprint density at radius 2 is 2.47 bits per heavy atom. The summed E-state index contributed by atoms with van der Waals surface area (Å²) in [6, 6.07) is 0. The second-order valence-corrected chi connectivity index (χ2v) is 3.52. The Morgan fingerprint density at radius 1 is 1.67 bits per heavy atom. The number of carbonyl (C=O) groups is 2. The van der Waals surface area contributed by atoms with Crippen LogP contribution in [0.5, 0.6) is 0 Å². The molecule has 0 saturated heterocycles. The van der Waals surface area contributed by atoms with Gasteiger partial charge in [0.1, 0.15) is 17.5 Å². The molecular weight excluding hydrogens is 198 g/mol. The molecule has 0 spiro atoms. The van der Waals surface area contributed by atoms with E-state index < -0.39 is 11.9 Å². The van der Waals surface area contributed by atoms with E-state index in [0.717, 1.165) is 0 Å². The average molecular weight is 209 g/mol. The second-order valence-electron chi connectivity index (χ2n) is 3.52. The van der Waals surface area contributed by atoms with E-state index in [1.165, 1.54) is 13.5 Å². The molecule has 0 bridgehead atoms. The third kappa shape index (κ3) is 1.65. The highest BCUT2D eigenvalue weighted by Crippen LogP contribution is 2.37. The normalized spacial score (nSPS) is 25.5. The van der Waals surface area contributed by atoms with Gasteiger partial charge in [-0.2, -0.15) is 0 Å². The zero-order valence-corrected chi connectivity index (χ0v) is 8.30. The highest BCUT2D eigenvalue weighted by Gasteiger charge is 2.43. The molecule has 5 nitrogen and oxygen atoms in total. The van der Waals surface area contributed by atoms with Gasteiger partial charge in [-0.05, 0) is 6.42 Å². The molecule has 1 saturated carbocycles. The molecule has 5 heteroatoms. The van der Waals surface area contributed by atoms with Crippen LogP contribution in [-0.4, -0.2) is 23.8 Å². The maximum Gasteiger partial charge on any atom is 0.316 e. The van der Waals surface area contributed by atoms with Crippen LogP contribution in [-0.2, 0) is 14.3 Å². The first-order valence-electron chi connectivity index (χ1n) is 4.73. The Balaban J connectivity index is 2.25. The minimum Gasteiger partial charge on any atom is -0.468 e. The number of aromatic nitrogens is 1. The van der Waals surface area contributed by atoms with E-state index in [9.17, 15) is 9.59 Å². The number of ketones is 1. The van der Waals surface area contributed by atoms with Crippen LogP contribution in [0.1, 0.15) is 24.5 Å². The SMILES string of the molecule is COC(=O)C1C(=O)CCC1c1cnco1. The largest absolute Gasteiger partial charge is 0.468 e. The van der Waals surface area contributed by atoms with Crippen molar-refractivity contribution in [3.8, 4) is 0 Å². The van der Waals surface area contributed by atoms with Gasteiger partial charge >= 0.3 is 5.97 Å². The molecule has 0 radical (unpaired) electrons. The van der Waals surface area contributed by atoms with Crippen LogP contribution in [0.3, 0.4) is 0 Å². The Morgan fingerprint density at radius 3 is 3.07 bits per heavy atom. The third-order valence-electron chi connectivity index (χ3n) is 2.72. The summed E-state index contributed by atoms with van der Waals surface area (Å²) in [7, 11) is 1.28. The number of ether oxygens (including phenoxy) is 1. The number of esters is 1. The molecule has 1 aromatic heterocycles. The van der Waals surface area contributed by atoms with Crippen molar-refractivity contribution in [2.75, 3.05) is 7.11 Å². The predicted molar refractivity (Wildman–Crippen MR) is 49.0 cm³/mol. The van der Waals surface area contributed by atoms with Gasteiger partial charge in [0.15, 0.2) is 6.39 Å². The molecule has 0 amide bonds. The molecular formula is C10H11NO4. The van der Waals surface area contributed by atoms with Crippen LogP contribution in [0.15, 0.2) is 17.0 Å². The molecule has 1 fully saturated rings. The highest BCUT2D eigenvalue weighted by atomic mass is 16.5. The summed E-state index contributed by atoms with van der Waals surface area (Å²) in [5, 5.41) is 0. The van der Waals surface area contributed by atoms with Gasteiger partial charge in [0, 0.05) is 12.3 Å². The average Bonchev–Trinajstić information content (AvgIpc) is 2.85. The molecule has 1 aliphatic rings. The lowest BCUT2D eigenvalue weighted by atomic mass is 9.94. The van der Waals surface area contributed by atoms with Crippen molar-refractivity contribution < 1.29 is 18.7 Å². The number of hydrogen-bond acceptors (Lipinski definition) is 5. The maximum atomic E-state index is 11.5. The molecule has 1 aromatic rings. The first kappa shape index (κ1) is 9.89. The summed E-state index contributed by atoms with van der Waals surface area (Å²) in [5.74, 6) is -0.922. The third-order valence-corrected chi connectivity index (χ3v) is 2.72. The van der Waals surface area contributed by atoms with Gasteiger partial charge < -0.3 is 9.15 Å². The molecule has 2 rings (SSSR count). The van der Waals surface area contributed by atoms with Gasteiger partial charge in [0.25, 0.3) is 0 Å². The monoisotopic (exact) mass is 209 g/mol. The van der Waals surface area contributed by atoms with Crippen LogP contribution < -0.4 is 0 Å². The molecule has 1 aliphatic carbocycles. The van der Waals surface area contributed by atoms with Crippen LogP contribution >= 0.6 is 0 Å². The highest BCUT2D eigenvalue weighted by molar-refractivity contribution is 6.01. The van der Waals surface area contributed by atoms with E-state index in [4.69, 9.17) is 4.42 Å². The van der Waals surface area contributed by atoms with Crippen LogP contribution in [0, 0.1) is 5.92 Å². The standard InChI is InChI=1S/C10H11NO4/c1-14-10(13)9-6(2-3-7(9)12)8-4-11-5-15-8/h4-6,9H,2-3H2,1H3. The lowest BCUT2D eigenvalue weighted by Crippen LogP contribution is -2.24. The summed E-state index contributed by atoms with van der Waals surface area (Å²) >= 11 is 0. The van der Waals surface area contributed by atoms with Gasteiger partial charge in [-0.3, -0.25) is 9.59 Å². The molecule has 1 heterocycles. The van der Waals surface area contributed by atoms with Gasteiger partial charge in [-0.1, -0.05) is 0 Å². The van der Waals surface area contributed by atoms with Gasteiger partial charge in [0.2, 0.25) is 0 Å². The molecule has 2 unspecified atom stereocenters. The smallest absolute Gasteiger partial charge is 0.316 e. The summed E-state index contributed by atoms with van der Waals surface area (Å²) in [4.78, 5) is 26.7. The minimum absolute atomic E-state index is 0.0803. The van der Waals surface area contributed by atoms with Crippen molar-refractivity contribution >= 4 is 11.8 Å². The molecule has 80 valence electrons. The number of oxazole rings is 1. The first-order valence-corrected chi connectivity index (χ1v) is 4.73. The van der Waals surface area contributed by atoms with E-state index >= 15 is 0 Å². The van der Waals surface area contributed by atoms with Crippen LogP contribution in [0.25, 0.3) is 0 Å².